The number of rotatable bonds is 2. The molecule has 0 aromatic carbocycles. The highest BCUT2D eigenvalue weighted by Crippen LogP contribution is 2.35. The molecule has 0 amide bonds. The van der Waals surface area contributed by atoms with Gasteiger partial charge in [0.15, 0.2) is 0 Å². The summed E-state index contributed by atoms with van der Waals surface area (Å²) < 4.78 is 0. The van der Waals surface area contributed by atoms with Crippen molar-refractivity contribution in [2.45, 2.75) is 31.7 Å². The van der Waals surface area contributed by atoms with E-state index in [1.165, 1.54) is 43.9 Å². The Morgan fingerprint density at radius 2 is 2.43 bits per heavy atom. The molecule has 3 heteroatoms. The van der Waals surface area contributed by atoms with Crippen LogP contribution in [-0.4, -0.2) is 41.6 Å². The molecule has 0 spiro atoms. The van der Waals surface area contributed by atoms with Crippen molar-refractivity contribution in [3.8, 4) is 0 Å². The molecule has 2 saturated heterocycles. The van der Waals surface area contributed by atoms with E-state index >= 15 is 0 Å². The zero-order valence-corrected chi connectivity index (χ0v) is 9.98. The second kappa shape index (κ2) is 4.42. The number of thioether (sulfide) groups is 1. The lowest BCUT2D eigenvalue weighted by Gasteiger charge is -2.44. The van der Waals surface area contributed by atoms with Crippen LogP contribution in [0.2, 0.25) is 0 Å². The number of piperidine rings is 1. The van der Waals surface area contributed by atoms with E-state index in [1.807, 2.05) is 0 Å². The summed E-state index contributed by atoms with van der Waals surface area (Å²) >= 11 is 2.08. The van der Waals surface area contributed by atoms with Crippen molar-refractivity contribution < 1.29 is 0 Å². The maximum absolute atomic E-state index is 5.99. The molecule has 2 heterocycles. The SMILES string of the molecule is CC1CCCN(C2(CN)CCSC2)C1. The van der Waals surface area contributed by atoms with Crippen molar-refractivity contribution in [2.75, 3.05) is 31.1 Å². The van der Waals surface area contributed by atoms with Gasteiger partial charge in [0, 0.05) is 24.4 Å². The van der Waals surface area contributed by atoms with Gasteiger partial charge in [0.1, 0.15) is 0 Å². The normalized spacial score (nSPS) is 40.3. The van der Waals surface area contributed by atoms with E-state index in [0.717, 1.165) is 12.5 Å². The first-order valence-corrected chi connectivity index (χ1v) is 6.95. The van der Waals surface area contributed by atoms with E-state index in [9.17, 15) is 0 Å². The molecule has 2 nitrogen and oxygen atoms in total. The van der Waals surface area contributed by atoms with Crippen molar-refractivity contribution in [1.82, 2.24) is 4.90 Å². The summed E-state index contributed by atoms with van der Waals surface area (Å²) in [6.07, 6.45) is 4.08. The predicted molar refractivity (Wildman–Crippen MR) is 63.7 cm³/mol. The summed E-state index contributed by atoms with van der Waals surface area (Å²) in [5.41, 5.74) is 6.35. The largest absolute Gasteiger partial charge is 0.329 e. The van der Waals surface area contributed by atoms with Gasteiger partial charge in [-0.15, -0.1) is 0 Å². The number of likely N-dealkylation sites (tertiary alicyclic amines) is 1. The Balaban J connectivity index is 2.03. The van der Waals surface area contributed by atoms with Gasteiger partial charge in [0.2, 0.25) is 0 Å². The van der Waals surface area contributed by atoms with Crippen LogP contribution in [0.3, 0.4) is 0 Å². The van der Waals surface area contributed by atoms with E-state index in [0.29, 0.717) is 5.54 Å². The van der Waals surface area contributed by atoms with Crippen molar-refractivity contribution in [3.05, 3.63) is 0 Å². The summed E-state index contributed by atoms with van der Waals surface area (Å²) in [5.74, 6) is 3.44. The Kier molecular flexibility index (Phi) is 3.40. The van der Waals surface area contributed by atoms with Crippen LogP contribution < -0.4 is 5.73 Å². The first-order valence-electron chi connectivity index (χ1n) is 5.80. The maximum atomic E-state index is 5.99. The van der Waals surface area contributed by atoms with Crippen molar-refractivity contribution >= 4 is 11.8 Å². The first kappa shape index (κ1) is 10.8. The molecule has 2 aliphatic rings. The molecule has 2 unspecified atom stereocenters. The van der Waals surface area contributed by atoms with Crippen LogP contribution >= 0.6 is 11.8 Å². The van der Waals surface area contributed by atoms with Gasteiger partial charge in [0.25, 0.3) is 0 Å². The Bertz CT molecular complexity index is 190. The fourth-order valence-corrected chi connectivity index (χ4v) is 4.25. The zero-order chi connectivity index (χ0) is 10.0. The number of hydrogen-bond donors (Lipinski definition) is 1. The van der Waals surface area contributed by atoms with E-state index in [1.54, 1.807) is 0 Å². The number of nitrogens with two attached hydrogens (primary N) is 1. The fraction of sp³-hybridized carbons (Fsp3) is 1.00. The summed E-state index contributed by atoms with van der Waals surface area (Å²) in [7, 11) is 0. The van der Waals surface area contributed by atoms with Gasteiger partial charge >= 0.3 is 0 Å². The van der Waals surface area contributed by atoms with Crippen molar-refractivity contribution in [3.63, 3.8) is 0 Å². The molecule has 0 aromatic rings. The number of hydrogen-bond acceptors (Lipinski definition) is 3. The van der Waals surface area contributed by atoms with Gasteiger partial charge < -0.3 is 5.73 Å². The number of nitrogens with zero attached hydrogens (tertiary/aromatic N) is 1. The first-order chi connectivity index (χ1) is 6.77. The second-order valence-corrected chi connectivity index (χ2v) is 6.03. The fourth-order valence-electron chi connectivity index (χ4n) is 2.76. The highest BCUT2D eigenvalue weighted by Gasteiger charge is 2.39. The predicted octanol–water partition coefficient (Wildman–Crippen LogP) is 1.55. The van der Waals surface area contributed by atoms with Gasteiger partial charge in [-0.1, -0.05) is 6.92 Å². The molecule has 0 saturated carbocycles. The van der Waals surface area contributed by atoms with Crippen LogP contribution in [0.5, 0.6) is 0 Å². The quantitative estimate of drug-likeness (QED) is 0.756. The molecule has 0 radical (unpaired) electrons. The molecule has 0 aliphatic carbocycles. The van der Waals surface area contributed by atoms with Gasteiger partial charge in [-0.3, -0.25) is 4.90 Å². The highest BCUT2D eigenvalue weighted by atomic mass is 32.2. The van der Waals surface area contributed by atoms with Gasteiger partial charge in [-0.2, -0.15) is 11.8 Å². The molecule has 2 N–H and O–H groups in total. The zero-order valence-electron chi connectivity index (χ0n) is 9.17. The Morgan fingerprint density at radius 1 is 1.57 bits per heavy atom. The molecule has 2 rings (SSSR count). The summed E-state index contributed by atoms with van der Waals surface area (Å²) in [6.45, 7) is 5.78. The van der Waals surface area contributed by atoms with Crippen LogP contribution in [0.25, 0.3) is 0 Å². The average Bonchev–Trinajstić information content (AvgIpc) is 2.67. The third kappa shape index (κ3) is 1.95. The Hall–Kier alpha value is 0.270. The summed E-state index contributed by atoms with van der Waals surface area (Å²) in [5, 5.41) is 0. The average molecular weight is 214 g/mol. The van der Waals surface area contributed by atoms with Gasteiger partial charge in [0.05, 0.1) is 0 Å². The van der Waals surface area contributed by atoms with E-state index in [-0.39, 0.29) is 0 Å². The summed E-state index contributed by atoms with van der Waals surface area (Å²) in [4.78, 5) is 2.68. The standard InChI is InChI=1S/C11H22N2S/c1-10-3-2-5-13(7-10)11(8-12)4-6-14-9-11/h10H,2-9,12H2,1H3. The lowest BCUT2D eigenvalue weighted by molar-refractivity contribution is 0.0693. The van der Waals surface area contributed by atoms with Crippen LogP contribution in [0.15, 0.2) is 0 Å². The topological polar surface area (TPSA) is 29.3 Å². The van der Waals surface area contributed by atoms with E-state index < -0.39 is 0 Å². The second-order valence-electron chi connectivity index (χ2n) is 4.92. The molecule has 2 fully saturated rings. The Morgan fingerprint density at radius 3 is 3.00 bits per heavy atom. The highest BCUT2D eigenvalue weighted by molar-refractivity contribution is 7.99. The van der Waals surface area contributed by atoms with E-state index in [2.05, 4.69) is 23.6 Å². The Labute approximate surface area is 91.6 Å². The molecule has 0 bridgehead atoms. The minimum absolute atomic E-state index is 0.360. The van der Waals surface area contributed by atoms with Crippen LogP contribution in [0, 0.1) is 5.92 Å². The summed E-state index contributed by atoms with van der Waals surface area (Å²) in [6, 6.07) is 0. The van der Waals surface area contributed by atoms with Crippen LogP contribution in [-0.2, 0) is 0 Å². The molecule has 2 atom stereocenters. The van der Waals surface area contributed by atoms with E-state index in [4.69, 9.17) is 5.73 Å². The van der Waals surface area contributed by atoms with Gasteiger partial charge in [-0.25, -0.2) is 0 Å². The molecule has 14 heavy (non-hydrogen) atoms. The van der Waals surface area contributed by atoms with Crippen LogP contribution in [0.4, 0.5) is 0 Å². The minimum atomic E-state index is 0.360. The van der Waals surface area contributed by atoms with Crippen molar-refractivity contribution in [1.29, 1.82) is 0 Å². The lowest BCUT2D eigenvalue weighted by Crippen LogP contribution is -2.57. The molecule has 82 valence electrons. The maximum Gasteiger partial charge on any atom is 0.0429 e. The van der Waals surface area contributed by atoms with Gasteiger partial charge in [-0.05, 0) is 37.5 Å². The molecular formula is C11H22N2S. The third-order valence-corrected chi connectivity index (χ3v) is 5.02. The van der Waals surface area contributed by atoms with Crippen LogP contribution in [0.1, 0.15) is 26.2 Å². The minimum Gasteiger partial charge on any atom is -0.329 e. The lowest BCUT2D eigenvalue weighted by atomic mass is 9.90. The monoisotopic (exact) mass is 214 g/mol. The molecule has 2 aliphatic heterocycles. The molecular weight excluding hydrogens is 192 g/mol. The third-order valence-electron chi connectivity index (χ3n) is 3.79. The van der Waals surface area contributed by atoms with Crippen molar-refractivity contribution in [2.24, 2.45) is 11.7 Å². The molecule has 0 aromatic heterocycles. The smallest absolute Gasteiger partial charge is 0.0429 e.